The molecule has 0 spiro atoms. The van der Waals surface area contributed by atoms with Crippen LogP contribution in [0, 0.1) is 0 Å². The number of hydrogen-bond acceptors (Lipinski definition) is 9. The minimum absolute atomic E-state index is 0.0352. The van der Waals surface area contributed by atoms with Crippen molar-refractivity contribution in [2.75, 3.05) is 26.4 Å². The zero-order valence-electron chi connectivity index (χ0n) is 34.8. The van der Waals surface area contributed by atoms with E-state index in [0.29, 0.717) is 12.8 Å². The standard InChI is InChI=1S/C45H76NO9P/c1-3-5-7-9-11-13-15-17-18-19-20-21-23-25-27-29-31-35-45(48)54-41(40-53-56(49,50)52-38-37-46)39-51-44(47)36-32-34-43-42(55-43)33-30-28-26-24-22-16-14-12-10-8-6-4-2/h11-14,17-18,20-22,24,28,30,41-43H,3-10,15-16,19,23,25-27,29,31-40,46H2,1-2H3,(H,49,50)/b13-11-,14-12-,18-17-,21-20-,24-22-,30-28-/t41-,42?,43?/m1/s1. The number of ether oxygens (including phenoxy) is 3. The van der Waals surface area contributed by atoms with Crippen LogP contribution < -0.4 is 5.73 Å². The van der Waals surface area contributed by atoms with Gasteiger partial charge in [0.1, 0.15) is 6.61 Å². The molecule has 0 aromatic heterocycles. The van der Waals surface area contributed by atoms with Gasteiger partial charge in [-0.05, 0) is 89.9 Å². The number of phosphoric acid groups is 1. The number of rotatable bonds is 38. The Morgan fingerprint density at radius 3 is 1.73 bits per heavy atom. The highest BCUT2D eigenvalue weighted by atomic mass is 31.2. The Labute approximate surface area is 339 Å². The van der Waals surface area contributed by atoms with Crippen LogP contribution in [-0.2, 0) is 37.4 Å². The lowest BCUT2D eigenvalue weighted by atomic mass is 10.1. The van der Waals surface area contributed by atoms with Gasteiger partial charge < -0.3 is 24.8 Å². The lowest BCUT2D eigenvalue weighted by molar-refractivity contribution is -0.161. The van der Waals surface area contributed by atoms with Gasteiger partial charge in [-0.1, -0.05) is 125 Å². The van der Waals surface area contributed by atoms with Crippen molar-refractivity contribution >= 4 is 19.8 Å². The molecule has 0 radical (unpaired) electrons. The molecule has 11 heteroatoms. The molecule has 320 valence electrons. The van der Waals surface area contributed by atoms with Crippen LogP contribution in [-0.4, -0.2) is 61.5 Å². The van der Waals surface area contributed by atoms with E-state index in [1.54, 1.807) is 0 Å². The fourth-order valence-corrected chi connectivity index (χ4v) is 6.43. The topological polar surface area (TPSA) is 147 Å². The summed E-state index contributed by atoms with van der Waals surface area (Å²) in [5.74, 6) is -0.937. The SMILES string of the molecule is CCCCC/C=C\C/C=C\C/C=C\CCCCCCC(=O)O[C@H](COC(=O)CCCC1OC1C/C=C\C/C=C\C/C=C\CCCCC)COP(=O)(O)OCCN. The molecule has 0 saturated carbocycles. The zero-order chi connectivity index (χ0) is 40.8. The number of nitrogens with two attached hydrogens (primary N) is 1. The van der Waals surface area contributed by atoms with Gasteiger partial charge in [0.05, 0.1) is 25.4 Å². The first-order chi connectivity index (χ1) is 27.3. The van der Waals surface area contributed by atoms with Gasteiger partial charge in [-0.15, -0.1) is 0 Å². The molecule has 0 aromatic rings. The Morgan fingerprint density at radius 2 is 1.16 bits per heavy atom. The van der Waals surface area contributed by atoms with Crippen molar-refractivity contribution in [3.05, 3.63) is 72.9 Å². The number of epoxide rings is 1. The number of phosphoric ester groups is 1. The van der Waals surface area contributed by atoms with Crippen molar-refractivity contribution in [1.29, 1.82) is 0 Å². The summed E-state index contributed by atoms with van der Waals surface area (Å²) >= 11 is 0. The monoisotopic (exact) mass is 806 g/mol. The lowest BCUT2D eigenvalue weighted by Crippen LogP contribution is -2.29. The molecule has 3 unspecified atom stereocenters. The van der Waals surface area contributed by atoms with Crippen LogP contribution >= 0.6 is 7.82 Å². The van der Waals surface area contributed by atoms with Crippen LogP contribution in [0.4, 0.5) is 0 Å². The van der Waals surface area contributed by atoms with Gasteiger partial charge in [0.15, 0.2) is 6.10 Å². The van der Waals surface area contributed by atoms with Crippen LogP contribution in [0.1, 0.15) is 155 Å². The average molecular weight is 806 g/mol. The molecule has 1 rings (SSSR count). The summed E-state index contributed by atoms with van der Waals surface area (Å²) in [5, 5.41) is 0. The van der Waals surface area contributed by atoms with Gasteiger partial charge in [0.25, 0.3) is 0 Å². The lowest BCUT2D eigenvalue weighted by Gasteiger charge is -2.19. The molecular formula is C45H76NO9P. The van der Waals surface area contributed by atoms with Crippen LogP contribution in [0.2, 0.25) is 0 Å². The van der Waals surface area contributed by atoms with Gasteiger partial charge in [0, 0.05) is 19.4 Å². The summed E-state index contributed by atoms with van der Waals surface area (Å²) in [6, 6.07) is 0. The quantitative estimate of drug-likeness (QED) is 0.0203. The van der Waals surface area contributed by atoms with Crippen molar-refractivity contribution in [3.63, 3.8) is 0 Å². The van der Waals surface area contributed by atoms with E-state index in [0.717, 1.165) is 70.6 Å². The normalized spacial score (nSPS) is 17.6. The fourth-order valence-electron chi connectivity index (χ4n) is 5.67. The highest BCUT2D eigenvalue weighted by Crippen LogP contribution is 2.43. The second kappa shape index (κ2) is 36.7. The first-order valence-electron chi connectivity index (χ1n) is 21.5. The summed E-state index contributed by atoms with van der Waals surface area (Å²) < 4.78 is 38.5. The predicted molar refractivity (Wildman–Crippen MR) is 228 cm³/mol. The molecular weight excluding hydrogens is 729 g/mol. The van der Waals surface area contributed by atoms with Crippen molar-refractivity contribution in [2.45, 2.75) is 173 Å². The van der Waals surface area contributed by atoms with E-state index in [9.17, 15) is 19.0 Å². The van der Waals surface area contributed by atoms with Gasteiger partial charge in [-0.25, -0.2) is 4.57 Å². The van der Waals surface area contributed by atoms with Gasteiger partial charge in [0.2, 0.25) is 0 Å². The maximum absolute atomic E-state index is 12.6. The average Bonchev–Trinajstić information content (AvgIpc) is 3.94. The number of carbonyl (C=O) groups is 2. The first kappa shape index (κ1) is 51.4. The van der Waals surface area contributed by atoms with E-state index in [4.69, 9.17) is 29.0 Å². The number of unbranched alkanes of at least 4 members (excludes halogenated alkanes) is 10. The van der Waals surface area contributed by atoms with E-state index < -0.39 is 32.5 Å². The highest BCUT2D eigenvalue weighted by Gasteiger charge is 2.36. The minimum atomic E-state index is -4.41. The van der Waals surface area contributed by atoms with Crippen LogP contribution in [0.25, 0.3) is 0 Å². The van der Waals surface area contributed by atoms with E-state index in [1.807, 2.05) is 0 Å². The molecule has 1 heterocycles. The Morgan fingerprint density at radius 1 is 0.643 bits per heavy atom. The smallest absolute Gasteiger partial charge is 0.462 e. The zero-order valence-corrected chi connectivity index (χ0v) is 35.7. The Hall–Kier alpha value is -2.59. The van der Waals surface area contributed by atoms with Crippen LogP contribution in [0.15, 0.2) is 72.9 Å². The highest BCUT2D eigenvalue weighted by molar-refractivity contribution is 7.47. The third-order valence-corrected chi connectivity index (χ3v) is 9.97. The molecule has 0 amide bonds. The summed E-state index contributed by atoms with van der Waals surface area (Å²) in [6.45, 7) is 3.54. The van der Waals surface area contributed by atoms with Gasteiger partial charge in [-0.2, -0.15) is 0 Å². The van der Waals surface area contributed by atoms with Crippen molar-refractivity contribution < 1.29 is 42.3 Å². The number of allylic oxidation sites excluding steroid dienone is 11. The van der Waals surface area contributed by atoms with Crippen LogP contribution in [0.5, 0.6) is 0 Å². The largest absolute Gasteiger partial charge is 0.472 e. The number of carbonyl (C=O) groups excluding carboxylic acids is 2. The maximum atomic E-state index is 12.6. The Bertz CT molecular complexity index is 1210. The van der Waals surface area contributed by atoms with Gasteiger partial charge in [-0.3, -0.25) is 18.6 Å². The third kappa shape index (κ3) is 33.5. The van der Waals surface area contributed by atoms with E-state index in [1.165, 1.54) is 44.9 Å². The summed E-state index contributed by atoms with van der Waals surface area (Å²) in [7, 11) is -4.41. The van der Waals surface area contributed by atoms with Crippen molar-refractivity contribution in [3.8, 4) is 0 Å². The molecule has 0 aliphatic carbocycles. The third-order valence-electron chi connectivity index (χ3n) is 8.99. The molecule has 1 saturated heterocycles. The number of hydrogen-bond donors (Lipinski definition) is 2. The fraction of sp³-hybridized carbons (Fsp3) is 0.689. The first-order valence-corrected chi connectivity index (χ1v) is 23.0. The molecule has 1 fully saturated rings. The van der Waals surface area contributed by atoms with Crippen LogP contribution in [0.3, 0.4) is 0 Å². The molecule has 1 aliphatic heterocycles. The summed E-state index contributed by atoms with van der Waals surface area (Å²) in [6.07, 6.45) is 46.6. The second-order valence-corrected chi connectivity index (χ2v) is 15.7. The molecule has 0 bridgehead atoms. The molecule has 3 N–H and O–H groups in total. The minimum Gasteiger partial charge on any atom is -0.462 e. The molecule has 1 aliphatic rings. The molecule has 56 heavy (non-hydrogen) atoms. The van der Waals surface area contributed by atoms with E-state index in [-0.39, 0.29) is 44.8 Å². The molecule has 4 atom stereocenters. The van der Waals surface area contributed by atoms with Gasteiger partial charge >= 0.3 is 19.8 Å². The van der Waals surface area contributed by atoms with E-state index >= 15 is 0 Å². The molecule has 0 aromatic carbocycles. The molecule has 10 nitrogen and oxygen atoms in total. The second-order valence-electron chi connectivity index (χ2n) is 14.2. The Kier molecular flexibility index (Phi) is 33.7. The summed E-state index contributed by atoms with van der Waals surface area (Å²) in [5.41, 5.74) is 5.34. The summed E-state index contributed by atoms with van der Waals surface area (Å²) in [4.78, 5) is 35.0. The van der Waals surface area contributed by atoms with E-state index in [2.05, 4.69) is 86.8 Å². The number of esters is 2. The Balaban J connectivity index is 2.27. The predicted octanol–water partition coefficient (Wildman–Crippen LogP) is 11.3. The van der Waals surface area contributed by atoms with Crippen molar-refractivity contribution in [1.82, 2.24) is 0 Å². The maximum Gasteiger partial charge on any atom is 0.472 e. The van der Waals surface area contributed by atoms with Crippen molar-refractivity contribution in [2.24, 2.45) is 5.73 Å².